The van der Waals surface area contributed by atoms with Crippen LogP contribution in [0, 0.1) is 0 Å². The summed E-state index contributed by atoms with van der Waals surface area (Å²) < 4.78 is 34.8. The summed E-state index contributed by atoms with van der Waals surface area (Å²) in [5, 5.41) is 0. The zero-order chi connectivity index (χ0) is 17.0. The van der Waals surface area contributed by atoms with Crippen molar-refractivity contribution >= 4 is 10.1 Å². The molecule has 0 N–H and O–H groups in total. The lowest BCUT2D eigenvalue weighted by Gasteiger charge is -2.07. The fourth-order valence-corrected chi connectivity index (χ4v) is 2.92. The molecule has 0 bridgehead atoms. The van der Waals surface area contributed by atoms with E-state index in [0.717, 1.165) is 5.56 Å². The molecule has 5 nitrogen and oxygen atoms in total. The minimum atomic E-state index is -4.09. The molecule has 0 aliphatic carbocycles. The molecule has 2 aromatic carbocycles. The number of hydrogen-bond donors (Lipinski definition) is 0. The Morgan fingerprint density at radius 2 is 1.61 bits per heavy atom. The first kappa shape index (κ1) is 17.0. The maximum Gasteiger partial charge on any atom is 0.339 e. The smallest absolute Gasteiger partial charge is 0.339 e. The van der Waals surface area contributed by atoms with Crippen molar-refractivity contribution in [2.45, 2.75) is 24.7 Å². The Balaban J connectivity index is 2.57. The van der Waals surface area contributed by atoms with Gasteiger partial charge in [-0.3, -0.25) is 4.79 Å². The van der Waals surface area contributed by atoms with Crippen LogP contribution in [0.25, 0.3) is 0 Å². The molecule has 23 heavy (non-hydrogen) atoms. The average molecular weight is 334 g/mol. The van der Waals surface area contributed by atoms with Gasteiger partial charge in [-0.25, -0.2) is 0 Å². The van der Waals surface area contributed by atoms with E-state index in [1.165, 1.54) is 31.4 Å². The number of benzene rings is 1. The van der Waals surface area contributed by atoms with E-state index in [0.29, 0.717) is 0 Å². The van der Waals surface area contributed by atoms with E-state index in [1.807, 2.05) is 13.8 Å². The highest BCUT2D eigenvalue weighted by atomic mass is 32.2. The monoisotopic (exact) mass is 334 g/mol. The first-order valence-electron chi connectivity index (χ1n) is 7.07. The third-order valence-corrected chi connectivity index (χ3v) is 4.54. The predicted octanol–water partition coefficient (Wildman–Crippen LogP) is 2.95. The van der Waals surface area contributed by atoms with E-state index < -0.39 is 15.5 Å². The lowest BCUT2D eigenvalue weighted by Crippen LogP contribution is -2.15. The number of methoxy groups -OCH3 is 1. The van der Waals surface area contributed by atoms with Crippen molar-refractivity contribution in [1.82, 2.24) is 0 Å². The second-order valence-electron chi connectivity index (χ2n) is 5.24. The largest absolute Gasteiger partial charge is 0.493 e. The summed E-state index contributed by atoms with van der Waals surface area (Å²) >= 11 is 0. The lowest BCUT2D eigenvalue weighted by molar-refractivity contribution is 0.408. The summed E-state index contributed by atoms with van der Waals surface area (Å²) in [4.78, 5) is 12.4. The minimum absolute atomic E-state index is 0.0176. The van der Waals surface area contributed by atoms with Crippen LogP contribution in [0.15, 0.2) is 58.2 Å². The second-order valence-corrected chi connectivity index (χ2v) is 6.79. The van der Waals surface area contributed by atoms with E-state index in [9.17, 15) is 13.2 Å². The van der Waals surface area contributed by atoms with Gasteiger partial charge in [0.05, 0.1) is 7.11 Å². The first-order valence-corrected chi connectivity index (χ1v) is 8.48. The molecule has 0 radical (unpaired) electrons. The highest BCUT2D eigenvalue weighted by molar-refractivity contribution is 7.87. The van der Waals surface area contributed by atoms with Gasteiger partial charge in [-0.15, -0.1) is 0 Å². The van der Waals surface area contributed by atoms with E-state index >= 15 is 0 Å². The third-order valence-electron chi connectivity index (χ3n) is 3.29. The van der Waals surface area contributed by atoms with Gasteiger partial charge in [-0.2, -0.15) is 8.42 Å². The van der Waals surface area contributed by atoms with Gasteiger partial charge in [-0.1, -0.05) is 38.1 Å². The maximum atomic E-state index is 12.4. The van der Waals surface area contributed by atoms with Crippen molar-refractivity contribution in [3.63, 3.8) is 0 Å². The van der Waals surface area contributed by atoms with Crippen molar-refractivity contribution < 1.29 is 17.3 Å². The second kappa shape index (κ2) is 6.83. The van der Waals surface area contributed by atoms with Gasteiger partial charge in [-0.05, 0) is 35.7 Å². The number of hydrogen-bond acceptors (Lipinski definition) is 5. The normalized spacial score (nSPS) is 11.3. The summed E-state index contributed by atoms with van der Waals surface area (Å²) in [6.45, 7) is 3.86. The Labute approximate surface area is 135 Å². The molecule has 2 rings (SSSR count). The molecule has 0 saturated carbocycles. The molecule has 0 aromatic heterocycles. The van der Waals surface area contributed by atoms with Gasteiger partial charge in [0.1, 0.15) is 4.90 Å². The van der Waals surface area contributed by atoms with Crippen LogP contribution < -0.4 is 14.3 Å². The topological polar surface area (TPSA) is 69.7 Å². The Kier molecular flexibility index (Phi) is 5.05. The van der Waals surface area contributed by atoms with E-state index in [1.54, 1.807) is 24.3 Å². The molecule has 0 atom stereocenters. The summed E-state index contributed by atoms with van der Waals surface area (Å²) in [7, 11) is -2.74. The van der Waals surface area contributed by atoms with Crippen LogP contribution in [-0.4, -0.2) is 15.5 Å². The summed E-state index contributed by atoms with van der Waals surface area (Å²) in [6.07, 6.45) is 0. The quantitative estimate of drug-likeness (QED) is 0.786. The Bertz CT molecular complexity index is 842. The molecule has 0 heterocycles. The van der Waals surface area contributed by atoms with Gasteiger partial charge >= 0.3 is 10.1 Å². The summed E-state index contributed by atoms with van der Waals surface area (Å²) in [5.41, 5.74) is 0.155. The zero-order valence-electron chi connectivity index (χ0n) is 13.1. The lowest BCUT2D eigenvalue weighted by atomic mass is 10.1. The van der Waals surface area contributed by atoms with Crippen LogP contribution in [0.3, 0.4) is 0 Å². The fourth-order valence-electron chi connectivity index (χ4n) is 1.97. The van der Waals surface area contributed by atoms with Crippen LogP contribution in [-0.2, 0) is 10.1 Å². The number of rotatable bonds is 5. The van der Waals surface area contributed by atoms with Crippen LogP contribution in [0.2, 0.25) is 0 Å². The Morgan fingerprint density at radius 3 is 2.17 bits per heavy atom. The first-order chi connectivity index (χ1) is 10.8. The third kappa shape index (κ3) is 3.90. The van der Waals surface area contributed by atoms with Gasteiger partial charge in [0, 0.05) is 0 Å². The predicted molar refractivity (Wildman–Crippen MR) is 87.6 cm³/mol. The van der Waals surface area contributed by atoms with Crippen molar-refractivity contribution in [3.05, 3.63) is 64.3 Å². The average Bonchev–Trinajstić information content (AvgIpc) is 2.68. The standard InChI is InChI=1S/C17H18O5S/c1-12(2)13-9-10-15(21-3)17(18)16(11-13)22-23(19,20)14-7-5-4-6-8-14/h4-12H,1-3H3. The molecule has 0 fully saturated rings. The van der Waals surface area contributed by atoms with Gasteiger partial charge in [0.2, 0.25) is 0 Å². The molecule has 6 heteroatoms. The van der Waals surface area contributed by atoms with E-state index in [2.05, 4.69) is 0 Å². The van der Waals surface area contributed by atoms with Crippen molar-refractivity contribution in [2.75, 3.05) is 7.11 Å². The van der Waals surface area contributed by atoms with Crippen molar-refractivity contribution in [2.24, 2.45) is 0 Å². The van der Waals surface area contributed by atoms with Crippen LogP contribution >= 0.6 is 0 Å². The maximum absolute atomic E-state index is 12.4. The van der Waals surface area contributed by atoms with Crippen molar-refractivity contribution in [1.29, 1.82) is 0 Å². The minimum Gasteiger partial charge on any atom is -0.493 e. The molecule has 2 aromatic rings. The molecule has 0 aliphatic heterocycles. The van der Waals surface area contributed by atoms with Crippen LogP contribution in [0.5, 0.6) is 11.5 Å². The molecule has 0 saturated heterocycles. The molecule has 0 unspecified atom stereocenters. The van der Waals surface area contributed by atoms with E-state index in [4.69, 9.17) is 8.92 Å². The molecule has 122 valence electrons. The Hall–Kier alpha value is -2.34. The molecular formula is C17H18O5S. The van der Waals surface area contributed by atoms with Gasteiger partial charge in [0.25, 0.3) is 5.43 Å². The zero-order valence-corrected chi connectivity index (χ0v) is 14.0. The van der Waals surface area contributed by atoms with E-state index in [-0.39, 0.29) is 22.3 Å². The fraction of sp³-hybridized carbons (Fsp3) is 0.235. The SMILES string of the molecule is COc1ccc(C(C)C)cc(OS(=O)(=O)c2ccccc2)c1=O. The van der Waals surface area contributed by atoms with Crippen LogP contribution in [0.1, 0.15) is 25.3 Å². The summed E-state index contributed by atoms with van der Waals surface area (Å²) in [5.74, 6) is -0.164. The van der Waals surface area contributed by atoms with Gasteiger partial charge in [0.15, 0.2) is 11.5 Å². The molecular weight excluding hydrogens is 316 g/mol. The highest BCUT2D eigenvalue weighted by Crippen LogP contribution is 2.22. The molecule has 0 spiro atoms. The molecule has 0 amide bonds. The van der Waals surface area contributed by atoms with Gasteiger partial charge < -0.3 is 8.92 Å². The summed E-state index contributed by atoms with van der Waals surface area (Å²) in [6, 6.07) is 12.3. The molecule has 0 aliphatic rings. The van der Waals surface area contributed by atoms with Crippen molar-refractivity contribution in [3.8, 4) is 11.5 Å². The Morgan fingerprint density at radius 1 is 0.957 bits per heavy atom. The highest BCUT2D eigenvalue weighted by Gasteiger charge is 2.19. The number of ether oxygens (including phenoxy) is 1. The van der Waals surface area contributed by atoms with Crippen LogP contribution in [0.4, 0.5) is 0 Å².